The van der Waals surface area contributed by atoms with Crippen LogP contribution >= 0.6 is 0 Å². The zero-order valence-electron chi connectivity index (χ0n) is 13.5. The molecule has 0 amide bonds. The molecule has 6 heteroatoms. The van der Waals surface area contributed by atoms with Crippen LogP contribution in [0.4, 0.5) is 24.5 Å². The van der Waals surface area contributed by atoms with E-state index in [1.165, 1.54) is 6.07 Å². The van der Waals surface area contributed by atoms with E-state index in [-0.39, 0.29) is 0 Å². The van der Waals surface area contributed by atoms with E-state index in [2.05, 4.69) is 15.5 Å². The van der Waals surface area contributed by atoms with Crippen molar-refractivity contribution in [2.75, 3.05) is 5.32 Å². The molecule has 3 aromatic carbocycles. The summed E-state index contributed by atoms with van der Waals surface area (Å²) in [4.78, 5) is 0. The lowest BCUT2D eigenvalue weighted by atomic mass is 10.1. The normalized spacial score (nSPS) is 11.7. The number of H-pyrrole nitrogens is 1. The largest absolute Gasteiger partial charge is 0.416 e. The van der Waals surface area contributed by atoms with Crippen LogP contribution in [0, 0.1) is 0 Å². The molecule has 1 aromatic heterocycles. The van der Waals surface area contributed by atoms with Crippen molar-refractivity contribution in [1.82, 2.24) is 10.2 Å². The highest BCUT2D eigenvalue weighted by Crippen LogP contribution is 2.32. The fourth-order valence-corrected chi connectivity index (χ4v) is 2.85. The molecule has 0 bridgehead atoms. The van der Waals surface area contributed by atoms with Crippen molar-refractivity contribution in [2.45, 2.75) is 6.18 Å². The van der Waals surface area contributed by atoms with Gasteiger partial charge in [-0.1, -0.05) is 36.4 Å². The van der Waals surface area contributed by atoms with Crippen LogP contribution in [0.3, 0.4) is 0 Å². The molecular formula is C20H14F3N3. The van der Waals surface area contributed by atoms with Gasteiger partial charge >= 0.3 is 6.18 Å². The highest BCUT2D eigenvalue weighted by molar-refractivity contribution is 5.94. The minimum absolute atomic E-state index is 0.377. The molecule has 4 rings (SSSR count). The Morgan fingerprint density at radius 3 is 2.35 bits per heavy atom. The first-order valence-corrected chi connectivity index (χ1v) is 7.98. The van der Waals surface area contributed by atoms with Crippen molar-refractivity contribution in [2.24, 2.45) is 0 Å². The molecule has 0 saturated heterocycles. The molecular weight excluding hydrogens is 339 g/mol. The topological polar surface area (TPSA) is 40.7 Å². The summed E-state index contributed by atoms with van der Waals surface area (Å²) < 4.78 is 38.5. The number of alkyl halides is 3. The second kappa shape index (κ2) is 6.22. The second-order valence-corrected chi connectivity index (χ2v) is 5.90. The minimum Gasteiger partial charge on any atom is -0.355 e. The lowest BCUT2D eigenvalue weighted by Crippen LogP contribution is -2.05. The van der Waals surface area contributed by atoms with Gasteiger partial charge in [-0.05, 0) is 36.4 Å². The number of aromatic amines is 1. The van der Waals surface area contributed by atoms with Crippen LogP contribution in [0.15, 0.2) is 72.8 Å². The van der Waals surface area contributed by atoms with Gasteiger partial charge in [0, 0.05) is 22.3 Å². The maximum absolute atomic E-state index is 12.8. The minimum atomic E-state index is -4.37. The van der Waals surface area contributed by atoms with Crippen LogP contribution in [0.25, 0.3) is 22.2 Å². The van der Waals surface area contributed by atoms with E-state index in [9.17, 15) is 13.2 Å². The van der Waals surface area contributed by atoms with Gasteiger partial charge in [0.25, 0.3) is 0 Å². The van der Waals surface area contributed by atoms with Gasteiger partial charge in [0.05, 0.1) is 16.8 Å². The van der Waals surface area contributed by atoms with Crippen molar-refractivity contribution in [3.8, 4) is 11.3 Å². The average Bonchev–Trinajstić information content (AvgIpc) is 3.05. The SMILES string of the molecule is FC(F)(F)c1cccc(Nc2ccc3c(-c4ccccc4)n[nH]c3c2)c1. The van der Waals surface area contributed by atoms with Crippen molar-refractivity contribution in [1.29, 1.82) is 0 Å². The highest BCUT2D eigenvalue weighted by atomic mass is 19.4. The van der Waals surface area contributed by atoms with Crippen LogP contribution in [0.2, 0.25) is 0 Å². The molecule has 0 fully saturated rings. The molecule has 0 spiro atoms. The number of anilines is 2. The molecule has 3 nitrogen and oxygen atoms in total. The monoisotopic (exact) mass is 353 g/mol. The van der Waals surface area contributed by atoms with Crippen molar-refractivity contribution >= 4 is 22.3 Å². The number of rotatable bonds is 3. The third-order valence-electron chi connectivity index (χ3n) is 4.09. The van der Waals surface area contributed by atoms with Gasteiger partial charge in [0.2, 0.25) is 0 Å². The van der Waals surface area contributed by atoms with E-state index >= 15 is 0 Å². The summed E-state index contributed by atoms with van der Waals surface area (Å²) >= 11 is 0. The van der Waals surface area contributed by atoms with Crippen LogP contribution in [-0.4, -0.2) is 10.2 Å². The fourth-order valence-electron chi connectivity index (χ4n) is 2.85. The lowest BCUT2D eigenvalue weighted by Gasteiger charge is -2.10. The maximum atomic E-state index is 12.8. The Labute approximate surface area is 147 Å². The molecule has 0 saturated carbocycles. The third kappa shape index (κ3) is 3.13. The quantitative estimate of drug-likeness (QED) is 0.475. The molecule has 130 valence electrons. The van der Waals surface area contributed by atoms with E-state index in [0.717, 1.165) is 34.3 Å². The van der Waals surface area contributed by atoms with Gasteiger partial charge in [0.1, 0.15) is 0 Å². The van der Waals surface area contributed by atoms with Crippen LogP contribution in [-0.2, 0) is 6.18 Å². The van der Waals surface area contributed by atoms with Crippen molar-refractivity contribution < 1.29 is 13.2 Å². The molecule has 0 aliphatic carbocycles. The van der Waals surface area contributed by atoms with E-state index < -0.39 is 11.7 Å². The smallest absolute Gasteiger partial charge is 0.355 e. The Morgan fingerprint density at radius 1 is 0.808 bits per heavy atom. The number of fused-ring (bicyclic) bond motifs is 1. The number of nitrogens with one attached hydrogen (secondary N) is 2. The maximum Gasteiger partial charge on any atom is 0.416 e. The number of hydrogen-bond donors (Lipinski definition) is 2. The Hall–Kier alpha value is -3.28. The van der Waals surface area contributed by atoms with E-state index in [1.807, 2.05) is 48.5 Å². The summed E-state index contributed by atoms with van der Waals surface area (Å²) in [5, 5.41) is 11.3. The number of aromatic nitrogens is 2. The first-order valence-electron chi connectivity index (χ1n) is 7.98. The molecule has 0 aliphatic rings. The van der Waals surface area contributed by atoms with Gasteiger partial charge in [-0.15, -0.1) is 0 Å². The lowest BCUT2D eigenvalue weighted by molar-refractivity contribution is -0.137. The molecule has 4 aromatic rings. The van der Waals surface area contributed by atoms with E-state index in [1.54, 1.807) is 6.07 Å². The molecule has 1 heterocycles. The Balaban J connectivity index is 1.65. The Kier molecular flexibility index (Phi) is 3.88. The number of benzene rings is 3. The van der Waals surface area contributed by atoms with Crippen molar-refractivity contribution in [3.63, 3.8) is 0 Å². The van der Waals surface area contributed by atoms with Gasteiger partial charge < -0.3 is 5.32 Å². The third-order valence-corrected chi connectivity index (χ3v) is 4.09. The molecule has 0 unspecified atom stereocenters. The first-order chi connectivity index (χ1) is 12.5. The average molecular weight is 353 g/mol. The standard InChI is InChI=1S/C20H14F3N3/c21-20(22,23)14-7-4-8-15(11-14)24-16-9-10-17-18(12-16)25-26-19(17)13-5-2-1-3-6-13/h1-12,24H,(H,25,26). The fraction of sp³-hybridized carbons (Fsp3) is 0.0500. The van der Waals surface area contributed by atoms with E-state index in [4.69, 9.17) is 0 Å². The number of hydrogen-bond acceptors (Lipinski definition) is 2. The molecule has 0 atom stereocenters. The summed E-state index contributed by atoms with van der Waals surface area (Å²) in [6.45, 7) is 0. The summed E-state index contributed by atoms with van der Waals surface area (Å²) in [5.41, 5.74) is 3.02. The number of nitrogens with zero attached hydrogens (tertiary/aromatic N) is 1. The zero-order chi connectivity index (χ0) is 18.1. The van der Waals surface area contributed by atoms with Gasteiger partial charge in [-0.3, -0.25) is 5.10 Å². The van der Waals surface area contributed by atoms with Crippen LogP contribution in [0.5, 0.6) is 0 Å². The molecule has 2 N–H and O–H groups in total. The van der Waals surface area contributed by atoms with Gasteiger partial charge in [-0.2, -0.15) is 18.3 Å². The first kappa shape index (κ1) is 16.2. The Bertz CT molecular complexity index is 1050. The predicted molar refractivity (Wildman–Crippen MR) is 96.3 cm³/mol. The molecule has 0 aliphatic heterocycles. The summed E-state index contributed by atoms with van der Waals surface area (Å²) in [6, 6.07) is 20.5. The summed E-state index contributed by atoms with van der Waals surface area (Å²) in [7, 11) is 0. The zero-order valence-corrected chi connectivity index (χ0v) is 13.5. The van der Waals surface area contributed by atoms with Crippen molar-refractivity contribution in [3.05, 3.63) is 78.4 Å². The summed E-state index contributed by atoms with van der Waals surface area (Å²) in [6.07, 6.45) is -4.37. The predicted octanol–water partition coefficient (Wildman–Crippen LogP) is 5.99. The molecule has 26 heavy (non-hydrogen) atoms. The number of halogens is 3. The Morgan fingerprint density at radius 2 is 1.58 bits per heavy atom. The van der Waals surface area contributed by atoms with Gasteiger partial charge in [-0.25, -0.2) is 0 Å². The van der Waals surface area contributed by atoms with Crippen LogP contribution in [0.1, 0.15) is 5.56 Å². The van der Waals surface area contributed by atoms with Crippen LogP contribution < -0.4 is 5.32 Å². The summed E-state index contributed by atoms with van der Waals surface area (Å²) in [5.74, 6) is 0. The second-order valence-electron chi connectivity index (χ2n) is 5.90. The molecule has 0 radical (unpaired) electrons. The van der Waals surface area contributed by atoms with Gasteiger partial charge in [0.15, 0.2) is 0 Å². The van der Waals surface area contributed by atoms with E-state index in [0.29, 0.717) is 11.4 Å². The highest BCUT2D eigenvalue weighted by Gasteiger charge is 2.30.